The van der Waals surface area contributed by atoms with Gasteiger partial charge in [-0.1, -0.05) is 24.6 Å². The van der Waals surface area contributed by atoms with Crippen LogP contribution in [0.4, 0.5) is 15.8 Å². The molecule has 0 saturated heterocycles. The molecule has 2 N–H and O–H groups in total. The van der Waals surface area contributed by atoms with Gasteiger partial charge in [-0.2, -0.15) is 0 Å². The van der Waals surface area contributed by atoms with E-state index in [0.29, 0.717) is 5.69 Å². The van der Waals surface area contributed by atoms with Gasteiger partial charge in [-0.3, -0.25) is 9.59 Å². The minimum atomic E-state index is -0.539. The molecule has 4 nitrogen and oxygen atoms in total. The molecule has 0 bridgehead atoms. The summed E-state index contributed by atoms with van der Waals surface area (Å²) in [6.07, 6.45) is 0.804. The van der Waals surface area contributed by atoms with Gasteiger partial charge in [-0.15, -0.1) is 0 Å². The summed E-state index contributed by atoms with van der Waals surface area (Å²) in [5, 5.41) is 6.04. The van der Waals surface area contributed by atoms with E-state index < -0.39 is 16.7 Å². The van der Waals surface area contributed by atoms with Crippen LogP contribution in [0.2, 0.25) is 5.02 Å². The second-order valence-electron chi connectivity index (χ2n) is 5.87. The lowest BCUT2D eigenvalue weighted by Crippen LogP contribution is -2.42. The lowest BCUT2D eigenvalue weighted by Gasteiger charge is -2.27. The van der Waals surface area contributed by atoms with Crippen LogP contribution in [0.5, 0.6) is 0 Å². The third-order valence-electron chi connectivity index (χ3n) is 3.71. The predicted molar refractivity (Wildman–Crippen MR) is 88.1 cm³/mol. The second-order valence-corrected chi connectivity index (χ2v) is 6.28. The van der Waals surface area contributed by atoms with Crippen molar-refractivity contribution in [2.24, 2.45) is 0 Å². The smallest absolute Gasteiger partial charge is 0.253 e. The van der Waals surface area contributed by atoms with Crippen LogP contribution in [0.3, 0.4) is 0 Å². The van der Waals surface area contributed by atoms with Crippen LogP contribution in [0, 0.1) is 5.82 Å². The van der Waals surface area contributed by atoms with Crippen molar-refractivity contribution in [3.05, 3.63) is 55.0 Å². The number of nitrogens with one attached hydrogen (secondary N) is 2. The fourth-order valence-electron chi connectivity index (χ4n) is 1.95. The first-order valence-electron chi connectivity index (χ1n) is 7.04. The topological polar surface area (TPSA) is 58.2 Å². The van der Waals surface area contributed by atoms with E-state index in [-0.39, 0.29) is 22.8 Å². The van der Waals surface area contributed by atoms with E-state index in [9.17, 15) is 14.0 Å². The maximum Gasteiger partial charge on any atom is 0.253 e. The van der Waals surface area contributed by atoms with Crippen molar-refractivity contribution in [2.45, 2.75) is 39.3 Å². The first-order valence-corrected chi connectivity index (χ1v) is 7.42. The molecule has 2 aromatic rings. The van der Waals surface area contributed by atoms with Gasteiger partial charge in [0.15, 0.2) is 0 Å². The number of benzene rings is 1. The molecule has 0 aliphatic carbocycles. The summed E-state index contributed by atoms with van der Waals surface area (Å²) in [5.74, 6) is -0.494. The quantitative estimate of drug-likeness (QED) is 0.801. The number of anilines is 2. The highest BCUT2D eigenvalue weighted by Crippen LogP contribution is 2.23. The van der Waals surface area contributed by atoms with E-state index in [1.807, 2.05) is 20.8 Å². The number of hydrogen-bond acceptors (Lipinski definition) is 4. The molecule has 0 saturated carbocycles. The van der Waals surface area contributed by atoms with Crippen molar-refractivity contribution >= 4 is 23.0 Å². The normalized spacial score (nSPS) is 11.7. The van der Waals surface area contributed by atoms with Crippen LogP contribution in [-0.2, 0) is 6.54 Å². The van der Waals surface area contributed by atoms with Gasteiger partial charge >= 0.3 is 0 Å². The lowest BCUT2D eigenvalue weighted by molar-refractivity contribution is 0.546. The molecule has 0 aliphatic rings. The van der Waals surface area contributed by atoms with E-state index in [4.69, 9.17) is 11.6 Å². The average molecular weight is 325 g/mol. The molecule has 0 aliphatic heterocycles. The molecular weight excluding hydrogens is 307 g/mol. The second kappa shape index (κ2) is 6.08. The van der Waals surface area contributed by atoms with Crippen molar-refractivity contribution in [1.82, 2.24) is 0 Å². The van der Waals surface area contributed by atoms with Crippen molar-refractivity contribution in [2.75, 3.05) is 10.6 Å². The Hall–Kier alpha value is -1.88. The molecule has 0 aromatic heterocycles. The Morgan fingerprint density at radius 2 is 1.82 bits per heavy atom. The first-order chi connectivity index (χ1) is 10.2. The summed E-state index contributed by atoms with van der Waals surface area (Å²) in [6.45, 7) is 6.18. The van der Waals surface area contributed by atoms with Crippen molar-refractivity contribution < 1.29 is 4.39 Å². The number of halogens is 2. The highest BCUT2D eigenvalue weighted by molar-refractivity contribution is 6.30. The molecule has 2 rings (SSSR count). The Balaban J connectivity index is 2.14. The third-order valence-corrected chi connectivity index (χ3v) is 4.00. The van der Waals surface area contributed by atoms with Gasteiger partial charge in [0.1, 0.15) is 17.2 Å². The molecule has 0 spiro atoms. The van der Waals surface area contributed by atoms with Crippen molar-refractivity contribution in [3.8, 4) is 0 Å². The third kappa shape index (κ3) is 3.30. The van der Waals surface area contributed by atoms with E-state index in [0.717, 1.165) is 12.0 Å². The monoisotopic (exact) mass is 324 g/mol. The maximum absolute atomic E-state index is 13.1. The highest BCUT2D eigenvalue weighted by Gasteiger charge is 2.25. The van der Waals surface area contributed by atoms with Gasteiger partial charge in [0.25, 0.3) is 10.9 Å². The Kier molecular flexibility index (Phi) is 4.56. The van der Waals surface area contributed by atoms with Crippen LogP contribution >= 0.6 is 11.6 Å². The zero-order valence-corrected chi connectivity index (χ0v) is 13.5. The molecule has 0 atom stereocenters. The van der Waals surface area contributed by atoms with Crippen LogP contribution in [-0.4, -0.2) is 5.54 Å². The minimum absolute atomic E-state index is 0.0229. The Labute approximate surface area is 133 Å². The Morgan fingerprint density at radius 1 is 1.18 bits per heavy atom. The molecular formula is C16H18ClFN2O2. The molecule has 22 heavy (non-hydrogen) atoms. The molecule has 0 heterocycles. The standard InChI is InChI=1S/C16H18ClFN2O2/c1-4-16(2,3)20-13-12(14(21)15(13)22)19-8-9-5-6-11(18)10(17)7-9/h5-7,19-20H,4,8H2,1-3H3. The van der Waals surface area contributed by atoms with Gasteiger partial charge < -0.3 is 10.6 Å². The maximum atomic E-state index is 13.1. The van der Waals surface area contributed by atoms with Crippen LogP contribution in [0.25, 0.3) is 0 Å². The van der Waals surface area contributed by atoms with Gasteiger partial charge in [0.05, 0.1) is 5.02 Å². The molecule has 0 radical (unpaired) electrons. The summed E-state index contributed by atoms with van der Waals surface area (Å²) in [5.41, 5.74) is -0.0291. The first kappa shape index (κ1) is 16.5. The van der Waals surface area contributed by atoms with Gasteiger partial charge in [-0.05, 0) is 38.0 Å². The SMILES string of the molecule is CCC(C)(C)Nc1c(NCc2ccc(F)c(Cl)c2)c(=O)c1=O. The van der Waals surface area contributed by atoms with Crippen LogP contribution < -0.4 is 21.5 Å². The predicted octanol–water partition coefficient (Wildman–Crippen LogP) is 3.29. The summed E-state index contributed by atoms with van der Waals surface area (Å²) in [6, 6.07) is 4.32. The fourth-order valence-corrected chi connectivity index (χ4v) is 2.15. The summed E-state index contributed by atoms with van der Waals surface area (Å²) >= 11 is 5.72. The van der Waals surface area contributed by atoms with Gasteiger partial charge in [-0.25, -0.2) is 4.39 Å². The van der Waals surface area contributed by atoms with Crippen LogP contribution in [0.15, 0.2) is 27.8 Å². The van der Waals surface area contributed by atoms with Crippen LogP contribution in [0.1, 0.15) is 32.8 Å². The molecule has 0 unspecified atom stereocenters. The molecule has 0 fully saturated rings. The minimum Gasteiger partial charge on any atom is -0.376 e. The zero-order chi connectivity index (χ0) is 16.5. The lowest BCUT2D eigenvalue weighted by atomic mass is 10.00. The Morgan fingerprint density at radius 3 is 2.41 bits per heavy atom. The molecule has 2 aromatic carbocycles. The average Bonchev–Trinajstić information content (AvgIpc) is 2.49. The van der Waals surface area contributed by atoms with Gasteiger partial charge in [0.2, 0.25) is 0 Å². The Bertz CT molecular complexity index is 764. The van der Waals surface area contributed by atoms with Crippen molar-refractivity contribution in [3.63, 3.8) is 0 Å². The summed E-state index contributed by atoms with van der Waals surface area (Å²) < 4.78 is 13.1. The highest BCUT2D eigenvalue weighted by atomic mass is 35.5. The van der Waals surface area contributed by atoms with E-state index >= 15 is 0 Å². The summed E-state index contributed by atoms with van der Waals surface area (Å²) in [7, 11) is 0. The number of rotatable bonds is 6. The van der Waals surface area contributed by atoms with Crippen molar-refractivity contribution in [1.29, 1.82) is 0 Å². The largest absolute Gasteiger partial charge is 0.376 e. The summed E-state index contributed by atoms with van der Waals surface area (Å²) in [4.78, 5) is 23.4. The zero-order valence-electron chi connectivity index (χ0n) is 12.7. The van der Waals surface area contributed by atoms with E-state index in [1.54, 1.807) is 6.07 Å². The molecule has 0 amide bonds. The van der Waals surface area contributed by atoms with E-state index in [2.05, 4.69) is 10.6 Å². The molecule has 118 valence electrons. The van der Waals surface area contributed by atoms with E-state index in [1.165, 1.54) is 12.1 Å². The molecule has 6 heteroatoms. The van der Waals surface area contributed by atoms with Gasteiger partial charge in [0, 0.05) is 12.1 Å². The fraction of sp³-hybridized carbons (Fsp3) is 0.375. The number of hydrogen-bond donors (Lipinski definition) is 2.